The van der Waals surface area contributed by atoms with E-state index in [9.17, 15) is 10.1 Å². The first-order valence-corrected chi connectivity index (χ1v) is 6.52. The molecule has 0 fully saturated rings. The molecule has 20 heavy (non-hydrogen) atoms. The van der Waals surface area contributed by atoms with Crippen molar-refractivity contribution in [2.75, 3.05) is 0 Å². The number of nitro groups is 1. The number of non-ortho nitro benzene ring substituents is 1. The second kappa shape index (κ2) is 6.29. The van der Waals surface area contributed by atoms with Crippen molar-refractivity contribution in [3.05, 3.63) is 58.2 Å². The number of hydrogen-bond acceptors (Lipinski definition) is 4. The van der Waals surface area contributed by atoms with E-state index in [1.165, 1.54) is 6.07 Å². The molecule has 6 heteroatoms. The lowest BCUT2D eigenvalue weighted by atomic mass is 10.2. The summed E-state index contributed by atoms with van der Waals surface area (Å²) in [4.78, 5) is 14.7. The molecule has 0 aliphatic rings. The fourth-order valence-corrected chi connectivity index (χ4v) is 1.87. The summed E-state index contributed by atoms with van der Waals surface area (Å²) in [7, 11) is 0. The zero-order valence-corrected chi connectivity index (χ0v) is 11.6. The van der Waals surface area contributed by atoms with Crippen molar-refractivity contribution in [1.82, 2.24) is 14.9 Å². The Hall–Kier alpha value is -2.21. The zero-order valence-electron chi connectivity index (χ0n) is 11.6. The van der Waals surface area contributed by atoms with Crippen molar-refractivity contribution < 1.29 is 4.92 Å². The quantitative estimate of drug-likeness (QED) is 0.648. The Morgan fingerprint density at radius 2 is 2.25 bits per heavy atom. The predicted octanol–water partition coefficient (Wildman–Crippen LogP) is 2.34. The van der Waals surface area contributed by atoms with Crippen LogP contribution in [-0.4, -0.2) is 20.5 Å². The van der Waals surface area contributed by atoms with Crippen LogP contribution in [-0.2, 0) is 13.1 Å². The number of imidazole rings is 1. The van der Waals surface area contributed by atoms with Crippen LogP contribution in [0.2, 0.25) is 0 Å². The Labute approximate surface area is 117 Å². The number of nitrogens with zero attached hydrogens (tertiary/aromatic N) is 3. The summed E-state index contributed by atoms with van der Waals surface area (Å²) >= 11 is 0. The standard InChI is InChI=1S/C14H18N4O2/c1-11(2)15-7-13-9-17(10-16-13)8-12-4-3-5-14(6-12)18(19)20/h3-6,9-11,15H,7-8H2,1-2H3. The Bertz CT molecular complexity index is 592. The number of rotatable bonds is 6. The first-order chi connectivity index (χ1) is 9.54. The highest BCUT2D eigenvalue weighted by atomic mass is 16.6. The van der Waals surface area contributed by atoms with Crippen LogP contribution < -0.4 is 5.32 Å². The SMILES string of the molecule is CC(C)NCc1cn(Cc2cccc([N+](=O)[O-])c2)cn1. The molecule has 0 aliphatic heterocycles. The van der Waals surface area contributed by atoms with Crippen LogP contribution in [0.4, 0.5) is 5.69 Å². The van der Waals surface area contributed by atoms with Gasteiger partial charge in [-0.3, -0.25) is 10.1 Å². The second-order valence-electron chi connectivity index (χ2n) is 5.00. The fraction of sp³-hybridized carbons (Fsp3) is 0.357. The van der Waals surface area contributed by atoms with Gasteiger partial charge in [-0.05, 0) is 5.56 Å². The molecule has 0 bridgehead atoms. The van der Waals surface area contributed by atoms with Crippen LogP contribution >= 0.6 is 0 Å². The smallest absolute Gasteiger partial charge is 0.269 e. The molecule has 0 spiro atoms. The third-order valence-corrected chi connectivity index (χ3v) is 2.86. The van der Waals surface area contributed by atoms with Gasteiger partial charge in [0.1, 0.15) is 0 Å². The van der Waals surface area contributed by atoms with Crippen molar-refractivity contribution in [3.8, 4) is 0 Å². The summed E-state index contributed by atoms with van der Waals surface area (Å²) in [6.07, 6.45) is 3.70. The Balaban J connectivity index is 2.03. The van der Waals surface area contributed by atoms with Gasteiger partial charge in [0.15, 0.2) is 0 Å². The van der Waals surface area contributed by atoms with Gasteiger partial charge in [0.05, 0.1) is 16.9 Å². The minimum Gasteiger partial charge on any atom is -0.333 e. The van der Waals surface area contributed by atoms with Crippen molar-refractivity contribution in [1.29, 1.82) is 0 Å². The van der Waals surface area contributed by atoms with Gasteiger partial charge in [-0.2, -0.15) is 0 Å². The molecule has 1 heterocycles. The molecule has 2 rings (SSSR count). The number of nitro benzene ring substituents is 1. The lowest BCUT2D eigenvalue weighted by molar-refractivity contribution is -0.384. The number of nitrogens with one attached hydrogen (secondary N) is 1. The maximum atomic E-state index is 10.7. The number of aromatic nitrogens is 2. The maximum absolute atomic E-state index is 10.7. The molecule has 0 saturated heterocycles. The summed E-state index contributed by atoms with van der Waals surface area (Å²) in [5, 5.41) is 14.0. The van der Waals surface area contributed by atoms with Gasteiger partial charge in [0, 0.05) is 37.5 Å². The maximum Gasteiger partial charge on any atom is 0.269 e. The molecule has 1 N–H and O–H groups in total. The van der Waals surface area contributed by atoms with Crippen LogP contribution in [0.5, 0.6) is 0 Å². The van der Waals surface area contributed by atoms with E-state index in [-0.39, 0.29) is 10.6 Å². The third kappa shape index (κ3) is 3.89. The van der Waals surface area contributed by atoms with Crippen molar-refractivity contribution in [3.63, 3.8) is 0 Å². The molecule has 1 aromatic heterocycles. The summed E-state index contributed by atoms with van der Waals surface area (Å²) in [5.74, 6) is 0. The van der Waals surface area contributed by atoms with Gasteiger partial charge < -0.3 is 9.88 Å². The van der Waals surface area contributed by atoms with Crippen molar-refractivity contribution in [2.24, 2.45) is 0 Å². The molecule has 0 unspecified atom stereocenters. The summed E-state index contributed by atoms with van der Waals surface area (Å²) in [6.45, 7) is 5.47. The highest BCUT2D eigenvalue weighted by Crippen LogP contribution is 2.14. The molecule has 1 aromatic carbocycles. The van der Waals surface area contributed by atoms with E-state index in [2.05, 4.69) is 24.1 Å². The summed E-state index contributed by atoms with van der Waals surface area (Å²) in [5.41, 5.74) is 1.97. The average molecular weight is 274 g/mol. The van der Waals surface area contributed by atoms with E-state index in [1.807, 2.05) is 16.8 Å². The average Bonchev–Trinajstić information content (AvgIpc) is 2.84. The Morgan fingerprint density at radius 1 is 1.45 bits per heavy atom. The van der Waals surface area contributed by atoms with Gasteiger partial charge in [0.2, 0.25) is 0 Å². The molecule has 106 valence electrons. The van der Waals surface area contributed by atoms with Crippen LogP contribution in [0.3, 0.4) is 0 Å². The van der Waals surface area contributed by atoms with Crippen molar-refractivity contribution >= 4 is 5.69 Å². The first kappa shape index (κ1) is 14.2. The van der Waals surface area contributed by atoms with E-state index in [1.54, 1.807) is 18.5 Å². The molecule has 0 radical (unpaired) electrons. The van der Waals surface area contributed by atoms with E-state index in [0.717, 1.165) is 17.8 Å². The number of hydrogen-bond donors (Lipinski definition) is 1. The largest absolute Gasteiger partial charge is 0.333 e. The second-order valence-corrected chi connectivity index (χ2v) is 5.00. The van der Waals surface area contributed by atoms with Gasteiger partial charge in [-0.1, -0.05) is 26.0 Å². The summed E-state index contributed by atoms with van der Waals surface area (Å²) < 4.78 is 1.93. The minimum atomic E-state index is -0.380. The van der Waals surface area contributed by atoms with Crippen LogP contribution in [0.25, 0.3) is 0 Å². The van der Waals surface area contributed by atoms with Crippen LogP contribution in [0.15, 0.2) is 36.8 Å². The Kier molecular flexibility index (Phi) is 4.47. The van der Waals surface area contributed by atoms with Crippen molar-refractivity contribution in [2.45, 2.75) is 33.0 Å². The van der Waals surface area contributed by atoms with E-state index < -0.39 is 0 Å². The summed E-state index contributed by atoms with van der Waals surface area (Å²) in [6, 6.07) is 7.07. The normalized spacial score (nSPS) is 10.9. The lowest BCUT2D eigenvalue weighted by Gasteiger charge is -2.05. The minimum absolute atomic E-state index is 0.115. The van der Waals surface area contributed by atoms with Gasteiger partial charge >= 0.3 is 0 Å². The molecular formula is C14H18N4O2. The highest BCUT2D eigenvalue weighted by Gasteiger charge is 2.06. The van der Waals surface area contributed by atoms with Crippen LogP contribution in [0.1, 0.15) is 25.1 Å². The molecule has 6 nitrogen and oxygen atoms in total. The van der Waals surface area contributed by atoms with Gasteiger partial charge in [-0.25, -0.2) is 4.98 Å². The van der Waals surface area contributed by atoms with E-state index in [4.69, 9.17) is 0 Å². The first-order valence-electron chi connectivity index (χ1n) is 6.52. The van der Waals surface area contributed by atoms with Gasteiger partial charge in [0.25, 0.3) is 5.69 Å². The van der Waals surface area contributed by atoms with E-state index in [0.29, 0.717) is 12.6 Å². The molecule has 2 aromatic rings. The Morgan fingerprint density at radius 3 is 2.95 bits per heavy atom. The molecule has 0 aliphatic carbocycles. The molecule has 0 saturated carbocycles. The topological polar surface area (TPSA) is 73.0 Å². The lowest BCUT2D eigenvalue weighted by Crippen LogP contribution is -2.21. The molecule has 0 atom stereocenters. The predicted molar refractivity (Wildman–Crippen MR) is 76.4 cm³/mol. The van der Waals surface area contributed by atoms with Gasteiger partial charge in [-0.15, -0.1) is 0 Å². The highest BCUT2D eigenvalue weighted by molar-refractivity contribution is 5.34. The number of benzene rings is 1. The van der Waals surface area contributed by atoms with E-state index >= 15 is 0 Å². The molecular weight excluding hydrogens is 256 g/mol. The third-order valence-electron chi connectivity index (χ3n) is 2.86. The zero-order chi connectivity index (χ0) is 14.5. The monoisotopic (exact) mass is 274 g/mol. The van der Waals surface area contributed by atoms with Crippen LogP contribution in [0, 0.1) is 10.1 Å². The fourth-order valence-electron chi connectivity index (χ4n) is 1.87. The molecule has 0 amide bonds.